The zero-order valence-electron chi connectivity index (χ0n) is 11.9. The molecular weight excluding hydrogens is 300 g/mol. The van der Waals surface area contributed by atoms with Crippen molar-refractivity contribution in [3.8, 4) is 5.88 Å². The molecule has 0 aliphatic carbocycles. The van der Waals surface area contributed by atoms with Crippen molar-refractivity contribution < 1.29 is 13.2 Å². The van der Waals surface area contributed by atoms with Crippen molar-refractivity contribution in [2.45, 2.75) is 6.10 Å². The summed E-state index contributed by atoms with van der Waals surface area (Å²) in [7, 11) is -3.39. The molecule has 0 unspecified atom stereocenters. The Morgan fingerprint density at radius 3 is 2.50 bits per heavy atom. The summed E-state index contributed by atoms with van der Waals surface area (Å²) in [5.41, 5.74) is 0.855. The number of rotatable bonds is 5. The second kappa shape index (κ2) is 6.29. The molecule has 114 valence electrons. The summed E-state index contributed by atoms with van der Waals surface area (Å²) < 4.78 is 31.3. The fraction of sp³-hybridized carbons (Fsp3) is 0.188. The molecule has 3 rings (SSSR count). The lowest BCUT2D eigenvalue weighted by atomic mass is 10.2. The van der Waals surface area contributed by atoms with Crippen LogP contribution in [0.1, 0.15) is 5.56 Å². The Morgan fingerprint density at radius 1 is 1.09 bits per heavy atom. The number of hydrogen-bond donors (Lipinski definition) is 0. The van der Waals surface area contributed by atoms with E-state index < -0.39 is 10.0 Å². The summed E-state index contributed by atoms with van der Waals surface area (Å²) in [5, 5.41) is 1.24. The highest BCUT2D eigenvalue weighted by Crippen LogP contribution is 2.20. The first-order valence-corrected chi connectivity index (χ1v) is 8.45. The summed E-state index contributed by atoms with van der Waals surface area (Å²) in [4.78, 5) is 4.06. The molecule has 1 fully saturated rings. The molecule has 0 saturated carbocycles. The molecule has 0 spiro atoms. The van der Waals surface area contributed by atoms with E-state index in [0.29, 0.717) is 19.0 Å². The molecule has 2 aromatic rings. The van der Waals surface area contributed by atoms with Crippen LogP contribution in [0.4, 0.5) is 0 Å². The van der Waals surface area contributed by atoms with Crippen LogP contribution in [-0.2, 0) is 10.0 Å². The number of pyridine rings is 1. The number of benzene rings is 1. The summed E-state index contributed by atoms with van der Waals surface area (Å²) in [5.74, 6) is 0.518. The van der Waals surface area contributed by atoms with Crippen LogP contribution in [0.25, 0.3) is 6.08 Å². The Balaban J connectivity index is 1.56. The predicted octanol–water partition coefficient (Wildman–Crippen LogP) is 2.15. The van der Waals surface area contributed by atoms with Gasteiger partial charge in [-0.05, 0) is 17.7 Å². The van der Waals surface area contributed by atoms with Gasteiger partial charge in [-0.1, -0.05) is 36.4 Å². The van der Waals surface area contributed by atoms with Crippen LogP contribution in [0.2, 0.25) is 0 Å². The summed E-state index contributed by atoms with van der Waals surface area (Å²) >= 11 is 0. The molecule has 1 aromatic heterocycles. The maximum Gasteiger partial charge on any atom is 0.236 e. The highest BCUT2D eigenvalue weighted by Gasteiger charge is 2.36. The highest BCUT2D eigenvalue weighted by atomic mass is 32.2. The van der Waals surface area contributed by atoms with Crippen LogP contribution >= 0.6 is 0 Å². The lowest BCUT2D eigenvalue weighted by Gasteiger charge is -2.36. The first-order valence-electron chi connectivity index (χ1n) is 6.94. The number of sulfonamides is 1. The quantitative estimate of drug-likeness (QED) is 0.848. The number of nitrogens with zero attached hydrogens (tertiary/aromatic N) is 2. The lowest BCUT2D eigenvalue weighted by Crippen LogP contribution is -2.55. The average molecular weight is 316 g/mol. The average Bonchev–Trinajstić information content (AvgIpc) is 2.50. The van der Waals surface area contributed by atoms with Gasteiger partial charge in [-0.25, -0.2) is 13.4 Å². The first-order chi connectivity index (χ1) is 10.6. The van der Waals surface area contributed by atoms with Crippen LogP contribution in [0.15, 0.2) is 60.1 Å². The monoisotopic (exact) mass is 316 g/mol. The van der Waals surface area contributed by atoms with E-state index in [2.05, 4.69) is 4.98 Å². The third-order valence-electron chi connectivity index (χ3n) is 3.33. The number of ether oxygens (including phenoxy) is 1. The van der Waals surface area contributed by atoms with Crippen molar-refractivity contribution in [2.75, 3.05) is 13.1 Å². The normalized spacial score (nSPS) is 16.5. The second-order valence-corrected chi connectivity index (χ2v) is 6.80. The largest absolute Gasteiger partial charge is 0.472 e. The van der Waals surface area contributed by atoms with Crippen molar-refractivity contribution in [1.82, 2.24) is 9.29 Å². The van der Waals surface area contributed by atoms with Crippen molar-refractivity contribution in [1.29, 1.82) is 0 Å². The standard InChI is InChI=1S/C16H16N2O3S/c19-22(20,11-9-14-6-2-1-3-7-14)18-12-15(13-18)21-16-8-4-5-10-17-16/h1-11,15H,12-13H2/b11-9+. The van der Waals surface area contributed by atoms with E-state index in [-0.39, 0.29) is 6.10 Å². The molecule has 2 heterocycles. The third kappa shape index (κ3) is 3.52. The summed E-state index contributed by atoms with van der Waals surface area (Å²) in [6, 6.07) is 14.7. The van der Waals surface area contributed by atoms with E-state index >= 15 is 0 Å². The summed E-state index contributed by atoms with van der Waals surface area (Å²) in [6.45, 7) is 0.691. The molecule has 5 nitrogen and oxygen atoms in total. The van der Waals surface area contributed by atoms with Crippen molar-refractivity contribution >= 4 is 16.1 Å². The van der Waals surface area contributed by atoms with Gasteiger partial charge in [-0.15, -0.1) is 0 Å². The van der Waals surface area contributed by atoms with Gasteiger partial charge < -0.3 is 4.74 Å². The van der Waals surface area contributed by atoms with Gasteiger partial charge in [0.25, 0.3) is 0 Å². The zero-order chi connectivity index (χ0) is 15.4. The van der Waals surface area contributed by atoms with Crippen molar-refractivity contribution in [3.63, 3.8) is 0 Å². The lowest BCUT2D eigenvalue weighted by molar-refractivity contribution is 0.0730. The van der Waals surface area contributed by atoms with Crippen LogP contribution < -0.4 is 4.74 Å². The number of hydrogen-bond acceptors (Lipinski definition) is 4. The fourth-order valence-corrected chi connectivity index (χ4v) is 3.33. The van der Waals surface area contributed by atoms with Gasteiger partial charge in [0.1, 0.15) is 6.10 Å². The van der Waals surface area contributed by atoms with E-state index in [4.69, 9.17) is 4.74 Å². The van der Waals surface area contributed by atoms with Gasteiger partial charge in [-0.3, -0.25) is 0 Å². The maximum absolute atomic E-state index is 12.2. The van der Waals surface area contributed by atoms with E-state index in [1.807, 2.05) is 36.4 Å². The molecule has 1 aliphatic rings. The Bertz CT molecular complexity index is 739. The second-order valence-electron chi connectivity index (χ2n) is 4.98. The Hall–Kier alpha value is -2.18. The van der Waals surface area contributed by atoms with E-state index in [0.717, 1.165) is 5.56 Å². The predicted molar refractivity (Wildman–Crippen MR) is 84.6 cm³/mol. The minimum atomic E-state index is -3.39. The van der Waals surface area contributed by atoms with Gasteiger partial charge >= 0.3 is 0 Å². The first kappa shape index (κ1) is 14.7. The minimum absolute atomic E-state index is 0.144. The smallest absolute Gasteiger partial charge is 0.236 e. The minimum Gasteiger partial charge on any atom is -0.472 e. The van der Waals surface area contributed by atoms with Crippen LogP contribution in [0, 0.1) is 0 Å². The Kier molecular flexibility index (Phi) is 4.22. The van der Waals surface area contributed by atoms with Gasteiger partial charge in [0, 0.05) is 17.7 Å². The van der Waals surface area contributed by atoms with Gasteiger partial charge in [0.2, 0.25) is 15.9 Å². The number of aromatic nitrogens is 1. The van der Waals surface area contributed by atoms with Crippen molar-refractivity contribution in [2.24, 2.45) is 0 Å². The Morgan fingerprint density at radius 2 is 1.82 bits per heavy atom. The van der Waals surface area contributed by atoms with Gasteiger partial charge in [-0.2, -0.15) is 4.31 Å². The highest BCUT2D eigenvalue weighted by molar-refractivity contribution is 7.92. The van der Waals surface area contributed by atoms with Crippen LogP contribution in [0.3, 0.4) is 0 Å². The van der Waals surface area contributed by atoms with E-state index in [1.165, 1.54) is 9.71 Å². The van der Waals surface area contributed by atoms with E-state index in [9.17, 15) is 8.42 Å². The Labute approximate surface area is 129 Å². The molecule has 0 atom stereocenters. The maximum atomic E-state index is 12.2. The van der Waals surface area contributed by atoms with Crippen LogP contribution in [0.5, 0.6) is 5.88 Å². The van der Waals surface area contributed by atoms with Gasteiger partial charge in [0.05, 0.1) is 13.1 Å². The molecule has 1 saturated heterocycles. The molecule has 0 radical (unpaired) electrons. The molecule has 1 aromatic carbocycles. The molecule has 1 aliphatic heterocycles. The molecule has 6 heteroatoms. The third-order valence-corrected chi connectivity index (χ3v) is 4.83. The van der Waals surface area contributed by atoms with E-state index in [1.54, 1.807) is 24.4 Å². The van der Waals surface area contributed by atoms with Crippen molar-refractivity contribution in [3.05, 3.63) is 65.7 Å². The molecule has 0 bridgehead atoms. The topological polar surface area (TPSA) is 59.5 Å². The van der Waals surface area contributed by atoms with Crippen LogP contribution in [-0.4, -0.2) is 36.9 Å². The SMILES string of the molecule is O=S(=O)(/C=C/c1ccccc1)N1CC(Oc2ccccn2)C1. The molecule has 0 amide bonds. The zero-order valence-corrected chi connectivity index (χ0v) is 12.7. The molecule has 22 heavy (non-hydrogen) atoms. The molecule has 0 N–H and O–H groups in total. The van der Waals surface area contributed by atoms with Gasteiger partial charge in [0.15, 0.2) is 0 Å². The molecular formula is C16H16N2O3S. The fourth-order valence-electron chi connectivity index (χ4n) is 2.09. The summed E-state index contributed by atoms with van der Waals surface area (Å²) in [6.07, 6.45) is 3.10.